The van der Waals surface area contributed by atoms with Crippen molar-refractivity contribution in [3.8, 4) is 0 Å². The van der Waals surface area contributed by atoms with Crippen molar-refractivity contribution in [1.29, 1.82) is 0 Å². The van der Waals surface area contributed by atoms with Crippen LogP contribution in [-0.4, -0.2) is 49.2 Å². The zero-order chi connectivity index (χ0) is 25.8. The quantitative estimate of drug-likeness (QED) is 0.442. The van der Waals surface area contributed by atoms with E-state index in [4.69, 9.17) is 9.90 Å². The summed E-state index contributed by atoms with van der Waals surface area (Å²) in [6.45, 7) is 0.675. The van der Waals surface area contributed by atoms with Crippen LogP contribution in [0.3, 0.4) is 0 Å². The van der Waals surface area contributed by atoms with E-state index in [1.165, 1.54) is 25.5 Å². The number of carboxylic acids is 1. The van der Waals surface area contributed by atoms with Crippen molar-refractivity contribution in [2.24, 2.45) is 0 Å². The van der Waals surface area contributed by atoms with Gasteiger partial charge in [0, 0.05) is 24.0 Å². The summed E-state index contributed by atoms with van der Waals surface area (Å²) in [5.41, 5.74) is 2.42. The van der Waals surface area contributed by atoms with Gasteiger partial charge in [-0.05, 0) is 49.4 Å². The summed E-state index contributed by atoms with van der Waals surface area (Å²) in [5.74, 6) is -1.95. The number of fused-ring (bicyclic) bond motifs is 1. The van der Waals surface area contributed by atoms with E-state index in [1.807, 2.05) is 11.0 Å². The van der Waals surface area contributed by atoms with E-state index in [-0.39, 0.29) is 10.7 Å². The molecule has 1 aliphatic rings. The van der Waals surface area contributed by atoms with Crippen molar-refractivity contribution < 1.29 is 35.9 Å². The number of benzene rings is 2. The number of nitrogens with zero attached hydrogens (tertiary/aromatic N) is 3. The normalized spacial score (nSPS) is 13.0. The Morgan fingerprint density at radius 1 is 1.11 bits per heavy atom. The van der Waals surface area contributed by atoms with E-state index in [1.54, 1.807) is 30.3 Å². The Balaban J connectivity index is 0.000000429. The molecule has 0 amide bonds. The second-order valence-corrected chi connectivity index (χ2v) is 8.99. The van der Waals surface area contributed by atoms with Crippen molar-refractivity contribution in [1.82, 2.24) is 14.7 Å². The highest BCUT2D eigenvalue weighted by Crippen LogP contribution is 2.35. The highest BCUT2D eigenvalue weighted by atomic mass is 32.2. The number of rotatable bonds is 5. The smallest absolute Gasteiger partial charge is 0.475 e. The van der Waals surface area contributed by atoms with Crippen molar-refractivity contribution in [3.05, 3.63) is 66.2 Å². The maximum Gasteiger partial charge on any atom is 0.490 e. The topological polar surface area (TPSA) is 125 Å². The fourth-order valence-corrected chi connectivity index (χ4v) is 3.91. The minimum absolute atomic E-state index is 0.202. The third-order valence-electron chi connectivity index (χ3n) is 4.80. The summed E-state index contributed by atoms with van der Waals surface area (Å²) in [4.78, 5) is 19.6. The van der Waals surface area contributed by atoms with Gasteiger partial charge in [-0.2, -0.15) is 13.2 Å². The van der Waals surface area contributed by atoms with E-state index in [2.05, 4.69) is 20.0 Å². The van der Waals surface area contributed by atoms with E-state index in [0.29, 0.717) is 23.9 Å². The van der Waals surface area contributed by atoms with Gasteiger partial charge in [0.1, 0.15) is 23.8 Å². The van der Waals surface area contributed by atoms with Gasteiger partial charge in [0.15, 0.2) is 0 Å². The van der Waals surface area contributed by atoms with Crippen molar-refractivity contribution in [2.45, 2.75) is 17.5 Å². The summed E-state index contributed by atoms with van der Waals surface area (Å²) < 4.78 is 71.7. The van der Waals surface area contributed by atoms with E-state index < -0.39 is 22.2 Å². The van der Waals surface area contributed by atoms with Gasteiger partial charge in [-0.1, -0.05) is 12.1 Å². The van der Waals surface area contributed by atoms with Crippen LogP contribution in [-0.2, 0) is 21.2 Å². The second-order valence-electron chi connectivity index (χ2n) is 7.10. The molecular formula is C21H19F4N5O4S. The summed E-state index contributed by atoms with van der Waals surface area (Å²) in [6, 6.07) is 12.9. The highest BCUT2D eigenvalue weighted by Gasteiger charge is 2.38. The van der Waals surface area contributed by atoms with Gasteiger partial charge >= 0.3 is 12.1 Å². The van der Waals surface area contributed by atoms with Gasteiger partial charge in [0.25, 0.3) is 0 Å². The maximum absolute atomic E-state index is 13.4. The van der Waals surface area contributed by atoms with Gasteiger partial charge in [-0.25, -0.2) is 32.3 Å². The Kier molecular flexibility index (Phi) is 7.55. The number of sulfonamides is 1. The minimum atomic E-state index is -5.08. The Morgan fingerprint density at radius 3 is 2.46 bits per heavy atom. The lowest BCUT2D eigenvalue weighted by Gasteiger charge is -2.19. The molecule has 186 valence electrons. The third-order valence-corrected chi connectivity index (χ3v) is 6.21. The molecule has 1 aromatic heterocycles. The molecule has 0 saturated heterocycles. The van der Waals surface area contributed by atoms with Crippen molar-refractivity contribution in [3.63, 3.8) is 0 Å². The lowest BCUT2D eigenvalue weighted by Crippen LogP contribution is -2.21. The molecule has 0 fully saturated rings. The zero-order valence-corrected chi connectivity index (χ0v) is 18.9. The first-order valence-electron chi connectivity index (χ1n) is 9.89. The Bertz CT molecular complexity index is 1340. The van der Waals surface area contributed by atoms with Crippen LogP contribution in [0.4, 0.5) is 40.6 Å². The molecule has 4 rings (SSSR count). The number of anilines is 4. The SMILES string of the molecule is CNS(=O)(=O)c1ccc2c(c1)N(c1cc(Nc3cccc(F)c3)ncn1)CC2.O=C(O)C(F)(F)F. The number of carbonyl (C=O) groups is 1. The molecule has 0 bridgehead atoms. The van der Waals surface area contributed by atoms with Gasteiger partial charge in [0.05, 0.1) is 4.90 Å². The number of halogens is 4. The summed E-state index contributed by atoms with van der Waals surface area (Å²) in [6.07, 6.45) is -2.88. The van der Waals surface area contributed by atoms with E-state index in [0.717, 1.165) is 17.7 Å². The monoisotopic (exact) mass is 513 g/mol. The zero-order valence-electron chi connectivity index (χ0n) is 18.0. The average molecular weight is 513 g/mol. The van der Waals surface area contributed by atoms with Gasteiger partial charge in [-0.15, -0.1) is 0 Å². The largest absolute Gasteiger partial charge is 0.490 e. The number of carboxylic acid groups (broad SMARTS) is 1. The van der Waals surface area contributed by atoms with Crippen LogP contribution in [0.1, 0.15) is 5.56 Å². The van der Waals surface area contributed by atoms with Crippen LogP contribution in [0, 0.1) is 5.82 Å². The van der Waals surface area contributed by atoms with Crippen molar-refractivity contribution in [2.75, 3.05) is 23.8 Å². The van der Waals surface area contributed by atoms with Crippen LogP contribution in [0.2, 0.25) is 0 Å². The van der Waals surface area contributed by atoms with Crippen LogP contribution in [0.15, 0.2) is 59.8 Å². The third kappa shape index (κ3) is 6.42. The minimum Gasteiger partial charge on any atom is -0.475 e. The fraction of sp³-hybridized carbons (Fsp3) is 0.190. The molecule has 0 radical (unpaired) electrons. The lowest BCUT2D eigenvalue weighted by atomic mass is 10.2. The Labute approximate surface area is 197 Å². The molecule has 3 N–H and O–H groups in total. The van der Waals surface area contributed by atoms with Gasteiger partial charge in [-0.3, -0.25) is 0 Å². The predicted molar refractivity (Wildman–Crippen MR) is 119 cm³/mol. The first-order chi connectivity index (χ1) is 16.4. The summed E-state index contributed by atoms with van der Waals surface area (Å²) in [7, 11) is -2.15. The Morgan fingerprint density at radius 2 is 1.83 bits per heavy atom. The van der Waals surface area contributed by atoms with Crippen LogP contribution >= 0.6 is 0 Å². The lowest BCUT2D eigenvalue weighted by molar-refractivity contribution is -0.192. The standard InChI is InChI=1S/C19H18FN5O2S.C2HF3O2/c1-21-28(26,27)16-6-5-13-7-8-25(17(13)10-16)19-11-18(22-12-23-19)24-15-4-2-3-14(20)9-15;3-2(4,5)1(6)7/h2-6,9-12,21H,7-8H2,1H3,(H,22,23,24);(H,6,7). The predicted octanol–water partition coefficient (Wildman–Crippen LogP) is 3.59. The summed E-state index contributed by atoms with van der Waals surface area (Å²) in [5, 5.41) is 10.2. The molecule has 2 heterocycles. The number of hydrogen-bond acceptors (Lipinski definition) is 7. The molecule has 0 atom stereocenters. The molecule has 2 aromatic carbocycles. The second kappa shape index (κ2) is 10.2. The molecule has 14 heteroatoms. The number of alkyl halides is 3. The molecule has 35 heavy (non-hydrogen) atoms. The molecular weight excluding hydrogens is 494 g/mol. The molecule has 0 saturated carbocycles. The van der Waals surface area contributed by atoms with Crippen LogP contribution in [0.25, 0.3) is 0 Å². The Hall–Kier alpha value is -3.78. The van der Waals surface area contributed by atoms with Gasteiger partial charge in [0.2, 0.25) is 10.0 Å². The van der Waals surface area contributed by atoms with Crippen molar-refractivity contribution >= 4 is 39.0 Å². The molecule has 0 spiro atoms. The van der Waals surface area contributed by atoms with E-state index in [9.17, 15) is 26.0 Å². The van der Waals surface area contributed by atoms with E-state index >= 15 is 0 Å². The molecule has 9 nitrogen and oxygen atoms in total. The van der Waals surface area contributed by atoms with Crippen LogP contribution in [0.5, 0.6) is 0 Å². The average Bonchev–Trinajstić information content (AvgIpc) is 3.22. The number of aliphatic carboxylic acids is 1. The van der Waals surface area contributed by atoms with Crippen LogP contribution < -0.4 is 14.9 Å². The maximum atomic E-state index is 13.4. The molecule has 0 aliphatic carbocycles. The fourth-order valence-electron chi connectivity index (χ4n) is 3.16. The number of aromatic nitrogens is 2. The number of nitrogens with one attached hydrogen (secondary N) is 2. The number of hydrogen-bond donors (Lipinski definition) is 3. The molecule has 3 aromatic rings. The first-order valence-corrected chi connectivity index (χ1v) is 11.4. The first kappa shape index (κ1) is 25.8. The molecule has 0 unspecified atom stereocenters. The van der Waals surface area contributed by atoms with Gasteiger partial charge < -0.3 is 15.3 Å². The highest BCUT2D eigenvalue weighted by molar-refractivity contribution is 7.89. The molecule has 1 aliphatic heterocycles. The summed E-state index contributed by atoms with van der Waals surface area (Å²) >= 11 is 0.